The fraction of sp³-hybridized carbons (Fsp3) is 0.0337. The van der Waals surface area contributed by atoms with Crippen LogP contribution in [-0.4, -0.2) is 0 Å². The minimum atomic E-state index is -0.665. The average Bonchev–Trinajstić information content (AvgIpc) is 1.60. The molecule has 0 radical (unpaired) electrons. The van der Waals surface area contributed by atoms with Crippen LogP contribution in [0.1, 0.15) is 66.8 Å². The molecule has 0 amide bonds. The van der Waals surface area contributed by atoms with E-state index in [0.717, 1.165) is 0 Å². The molecule has 414 valence electrons. The van der Waals surface area contributed by atoms with Crippen molar-refractivity contribution in [1.29, 1.82) is 0 Å². The van der Waals surface area contributed by atoms with Crippen molar-refractivity contribution in [3.05, 3.63) is 419 Å². The topological polar surface area (TPSA) is 0 Å². The summed E-state index contributed by atoms with van der Waals surface area (Å²) in [6.07, 6.45) is 0. The van der Waals surface area contributed by atoms with Crippen LogP contribution in [0, 0.1) is 0 Å². The summed E-state index contributed by atoms with van der Waals surface area (Å²) in [4.78, 5) is 0. The summed E-state index contributed by atoms with van der Waals surface area (Å²) in [6.45, 7) is 0. The maximum atomic E-state index is 2.56. The quantitative estimate of drug-likeness (QED) is 0.126. The van der Waals surface area contributed by atoms with Gasteiger partial charge >= 0.3 is 0 Å². The van der Waals surface area contributed by atoms with Gasteiger partial charge in [0.05, 0.1) is 16.2 Å². The van der Waals surface area contributed by atoms with Gasteiger partial charge in [0.2, 0.25) is 0 Å². The predicted molar refractivity (Wildman–Crippen MR) is 370 cm³/mol. The third-order valence-electron chi connectivity index (χ3n) is 20.3. The second-order valence-electron chi connectivity index (χ2n) is 24.4. The van der Waals surface area contributed by atoms with E-state index in [1.54, 1.807) is 0 Å². The lowest BCUT2D eigenvalue weighted by atomic mass is 9.66. The van der Waals surface area contributed by atoms with Crippen LogP contribution in [0.5, 0.6) is 0 Å². The number of benzene rings is 15. The smallest absolute Gasteiger partial charge is 0.0622 e. The van der Waals surface area contributed by atoms with Gasteiger partial charge in [-0.2, -0.15) is 0 Å². The Morgan fingerprint density at radius 2 is 0.348 bits per heavy atom. The zero-order chi connectivity index (χ0) is 58.7. The standard InChI is InChI=1S/C89H58/c1-7-27-63(28-8-1)87(64-29-9-2-10-30-64)79-45-25-23-39-69(79)71-51-47-59(55-81(71)87)60-48-52-73-74-54-50-62(58-84(74)89(82(73)56-60,67-35-15-5-16-36-67)68-37-17-6-18-38-68)86-77-43-21-19-41-75(77)85(76-42-20-22-44-78(76)86)61-49-53-72-70-40-24-26-46-80(70)88(83(72)57-61,65-31-11-3-12-32-65)66-33-13-4-14-34-66/h1-58H. The molecule has 0 spiro atoms. The van der Waals surface area contributed by atoms with Gasteiger partial charge < -0.3 is 0 Å². The van der Waals surface area contributed by atoms with Crippen LogP contribution in [0.4, 0.5) is 0 Å². The molecule has 0 atom stereocenters. The van der Waals surface area contributed by atoms with Gasteiger partial charge in [-0.15, -0.1) is 0 Å². The van der Waals surface area contributed by atoms with Crippen LogP contribution >= 0.6 is 0 Å². The zero-order valence-corrected chi connectivity index (χ0v) is 49.0. The highest BCUT2D eigenvalue weighted by Crippen LogP contribution is 2.61. The molecule has 0 nitrogen and oxygen atoms in total. The van der Waals surface area contributed by atoms with Crippen LogP contribution in [0.2, 0.25) is 0 Å². The van der Waals surface area contributed by atoms with E-state index in [0.29, 0.717) is 0 Å². The SMILES string of the molecule is c1ccc(C2(c3ccccc3)c3ccccc3-c3ccc(-c4ccc5c(c4)C(c4ccccc4)(c4ccccc4)c4cc(-c6c7ccccc7c(-c7ccc8c(c7)C(c7ccccc7)(c7ccccc7)c7ccccc7-8)c7ccccc67)ccc4-5)cc32)cc1. The Bertz CT molecular complexity index is 5100. The summed E-state index contributed by atoms with van der Waals surface area (Å²) in [6, 6.07) is 133. The van der Waals surface area contributed by atoms with Gasteiger partial charge in [0.25, 0.3) is 0 Å². The van der Waals surface area contributed by atoms with Crippen molar-refractivity contribution >= 4 is 21.5 Å². The van der Waals surface area contributed by atoms with Crippen molar-refractivity contribution < 1.29 is 0 Å². The van der Waals surface area contributed by atoms with E-state index in [2.05, 4.69) is 352 Å². The molecule has 0 bridgehead atoms. The third kappa shape index (κ3) is 7.17. The summed E-state index contributed by atoms with van der Waals surface area (Å²) in [5, 5.41) is 4.92. The first-order chi connectivity index (χ1) is 44.2. The molecule has 0 N–H and O–H groups in total. The molecule has 0 aliphatic heterocycles. The Hall–Kier alpha value is -11.2. The van der Waals surface area contributed by atoms with Crippen LogP contribution in [0.25, 0.3) is 88.3 Å². The van der Waals surface area contributed by atoms with Gasteiger partial charge in [-0.25, -0.2) is 0 Å². The summed E-state index contributed by atoms with van der Waals surface area (Å²) in [5.74, 6) is 0. The third-order valence-corrected chi connectivity index (χ3v) is 20.3. The molecule has 0 fully saturated rings. The molecular formula is C89H58. The van der Waals surface area contributed by atoms with Crippen molar-refractivity contribution in [3.63, 3.8) is 0 Å². The Morgan fingerprint density at radius 3 is 0.629 bits per heavy atom. The normalized spacial score (nSPS) is 14.1. The average molecular weight is 1130 g/mol. The minimum absolute atomic E-state index is 0.511. The summed E-state index contributed by atoms with van der Waals surface area (Å²) >= 11 is 0. The van der Waals surface area contributed by atoms with E-state index in [1.807, 2.05) is 0 Å². The van der Waals surface area contributed by atoms with Crippen LogP contribution < -0.4 is 0 Å². The first-order valence-electron chi connectivity index (χ1n) is 31.2. The number of rotatable bonds is 9. The van der Waals surface area contributed by atoms with Gasteiger partial charge in [-0.3, -0.25) is 0 Å². The van der Waals surface area contributed by atoms with Gasteiger partial charge in [-0.05, 0) is 179 Å². The van der Waals surface area contributed by atoms with Crippen molar-refractivity contribution in [2.24, 2.45) is 0 Å². The summed E-state index contributed by atoms with van der Waals surface area (Å²) < 4.78 is 0. The monoisotopic (exact) mass is 1130 g/mol. The van der Waals surface area contributed by atoms with E-state index in [4.69, 9.17) is 0 Å². The summed E-state index contributed by atoms with van der Waals surface area (Å²) in [5.41, 5.74) is 28.6. The van der Waals surface area contributed by atoms with Gasteiger partial charge in [0.1, 0.15) is 0 Å². The predicted octanol–water partition coefficient (Wildman–Crippen LogP) is 22.1. The molecule has 18 rings (SSSR count). The first-order valence-corrected chi connectivity index (χ1v) is 31.2. The fourth-order valence-corrected chi connectivity index (χ4v) is 16.8. The number of hydrogen-bond acceptors (Lipinski definition) is 0. The lowest BCUT2D eigenvalue weighted by Gasteiger charge is -2.35. The Kier molecular flexibility index (Phi) is 11.4. The molecule has 3 aliphatic rings. The Balaban J connectivity index is 0.844. The molecule has 0 saturated carbocycles. The van der Waals surface area contributed by atoms with Gasteiger partial charge in [0.15, 0.2) is 0 Å². The van der Waals surface area contributed by atoms with Crippen LogP contribution in [0.15, 0.2) is 352 Å². The number of fused-ring (bicyclic) bond motifs is 11. The zero-order valence-electron chi connectivity index (χ0n) is 49.0. The maximum absolute atomic E-state index is 2.56. The van der Waals surface area contributed by atoms with Crippen LogP contribution in [0.3, 0.4) is 0 Å². The molecule has 0 heteroatoms. The molecule has 15 aromatic rings. The molecule has 89 heavy (non-hydrogen) atoms. The lowest BCUT2D eigenvalue weighted by molar-refractivity contribution is 0.767. The van der Waals surface area contributed by atoms with E-state index in [9.17, 15) is 0 Å². The van der Waals surface area contributed by atoms with Crippen molar-refractivity contribution in [1.82, 2.24) is 0 Å². The van der Waals surface area contributed by atoms with Gasteiger partial charge in [0, 0.05) is 0 Å². The second kappa shape index (κ2) is 19.9. The van der Waals surface area contributed by atoms with Crippen molar-refractivity contribution in [3.8, 4) is 66.8 Å². The Labute approximate surface area is 520 Å². The van der Waals surface area contributed by atoms with E-state index < -0.39 is 16.2 Å². The molecule has 0 saturated heterocycles. The molecule has 0 unspecified atom stereocenters. The lowest BCUT2D eigenvalue weighted by Crippen LogP contribution is -2.28. The molecule has 15 aromatic carbocycles. The van der Waals surface area contributed by atoms with Gasteiger partial charge in [-0.1, -0.05) is 328 Å². The van der Waals surface area contributed by atoms with E-state index in [-0.39, 0.29) is 0 Å². The van der Waals surface area contributed by atoms with Crippen molar-refractivity contribution in [2.75, 3.05) is 0 Å². The molecule has 0 aromatic heterocycles. The highest BCUT2D eigenvalue weighted by Gasteiger charge is 2.49. The number of hydrogen-bond donors (Lipinski definition) is 0. The van der Waals surface area contributed by atoms with Crippen molar-refractivity contribution in [2.45, 2.75) is 16.2 Å². The molecular weight excluding hydrogens is 1070 g/mol. The second-order valence-corrected chi connectivity index (χ2v) is 24.4. The highest BCUT2D eigenvalue weighted by molar-refractivity contribution is 6.22. The maximum Gasteiger partial charge on any atom is 0.0713 e. The Morgan fingerprint density at radius 1 is 0.146 bits per heavy atom. The van der Waals surface area contributed by atoms with E-state index >= 15 is 0 Å². The fourth-order valence-electron chi connectivity index (χ4n) is 16.8. The van der Waals surface area contributed by atoms with E-state index in [1.165, 1.54) is 155 Å². The molecule has 3 aliphatic carbocycles. The summed E-state index contributed by atoms with van der Waals surface area (Å²) in [7, 11) is 0. The largest absolute Gasteiger partial charge is 0.0713 e. The minimum Gasteiger partial charge on any atom is -0.0622 e. The molecule has 0 heterocycles. The first kappa shape index (κ1) is 51.1. The highest BCUT2D eigenvalue weighted by atomic mass is 14.5. The van der Waals surface area contributed by atoms with Crippen LogP contribution in [-0.2, 0) is 16.2 Å².